The molecular weight excluding hydrogens is 258 g/mol. The van der Waals surface area contributed by atoms with Crippen molar-refractivity contribution in [3.63, 3.8) is 0 Å². The summed E-state index contributed by atoms with van der Waals surface area (Å²) in [5.74, 6) is 0.890. The maximum Gasteiger partial charge on any atom is 0.123 e. The third-order valence-electron chi connectivity index (χ3n) is 3.46. The fourth-order valence-electron chi connectivity index (χ4n) is 2.27. The third-order valence-corrected chi connectivity index (χ3v) is 3.46. The molecule has 0 spiro atoms. The molecule has 0 fully saturated rings. The normalized spacial score (nSPS) is 11.0. The largest absolute Gasteiger partial charge is 0.489 e. The smallest absolute Gasteiger partial charge is 0.123 e. The van der Waals surface area contributed by atoms with Crippen LogP contribution in [-0.2, 0) is 12.0 Å². The van der Waals surface area contributed by atoms with Crippen molar-refractivity contribution < 1.29 is 4.74 Å². The minimum atomic E-state index is 0.0239. The minimum Gasteiger partial charge on any atom is -0.489 e. The van der Waals surface area contributed by atoms with Gasteiger partial charge in [-0.05, 0) is 30.0 Å². The SMILES string of the molecule is Cc1ccc(OCc2ccccc2C#N)c(C(C)(C)C)c1. The van der Waals surface area contributed by atoms with Crippen LogP contribution in [0.5, 0.6) is 5.75 Å². The van der Waals surface area contributed by atoms with E-state index in [2.05, 4.69) is 45.9 Å². The van der Waals surface area contributed by atoms with Gasteiger partial charge in [0.1, 0.15) is 12.4 Å². The predicted molar refractivity (Wildman–Crippen MR) is 85.4 cm³/mol. The highest BCUT2D eigenvalue weighted by Gasteiger charge is 2.19. The molecule has 2 rings (SSSR count). The van der Waals surface area contributed by atoms with E-state index >= 15 is 0 Å². The lowest BCUT2D eigenvalue weighted by Gasteiger charge is -2.23. The molecule has 0 unspecified atom stereocenters. The van der Waals surface area contributed by atoms with E-state index in [1.54, 1.807) is 0 Å². The Bertz CT molecular complexity index is 675. The van der Waals surface area contributed by atoms with Crippen molar-refractivity contribution in [2.75, 3.05) is 0 Å². The number of nitrogens with zero attached hydrogens (tertiary/aromatic N) is 1. The molecular formula is C19H21NO. The summed E-state index contributed by atoms with van der Waals surface area (Å²) in [6.07, 6.45) is 0. The van der Waals surface area contributed by atoms with Crippen molar-refractivity contribution in [1.82, 2.24) is 0 Å². The zero-order valence-electron chi connectivity index (χ0n) is 13.1. The average molecular weight is 279 g/mol. The van der Waals surface area contributed by atoms with Crippen molar-refractivity contribution in [2.24, 2.45) is 0 Å². The average Bonchev–Trinajstić information content (AvgIpc) is 2.45. The zero-order valence-corrected chi connectivity index (χ0v) is 13.1. The monoisotopic (exact) mass is 279 g/mol. The molecule has 0 heterocycles. The second-order valence-electron chi connectivity index (χ2n) is 6.31. The first-order valence-electron chi connectivity index (χ1n) is 7.14. The van der Waals surface area contributed by atoms with E-state index < -0.39 is 0 Å². The summed E-state index contributed by atoms with van der Waals surface area (Å²) in [4.78, 5) is 0. The van der Waals surface area contributed by atoms with E-state index in [0.717, 1.165) is 11.3 Å². The first-order chi connectivity index (χ1) is 9.91. The number of aryl methyl sites for hydroxylation is 1. The van der Waals surface area contributed by atoms with Gasteiger partial charge in [0.25, 0.3) is 0 Å². The molecule has 0 aliphatic rings. The summed E-state index contributed by atoms with van der Waals surface area (Å²) >= 11 is 0. The highest BCUT2D eigenvalue weighted by atomic mass is 16.5. The van der Waals surface area contributed by atoms with Gasteiger partial charge in [0.2, 0.25) is 0 Å². The molecule has 0 bridgehead atoms. The standard InChI is InChI=1S/C19H21NO/c1-14-9-10-18(17(11-14)19(2,3)4)21-13-16-8-6-5-7-15(16)12-20/h5-11H,13H2,1-4H3. The predicted octanol–water partition coefficient (Wildman–Crippen LogP) is 4.74. The number of hydrogen-bond donors (Lipinski definition) is 0. The molecule has 0 aromatic heterocycles. The van der Waals surface area contributed by atoms with E-state index in [1.807, 2.05) is 30.3 Å². The molecule has 0 aliphatic carbocycles. The lowest BCUT2D eigenvalue weighted by atomic mass is 9.85. The van der Waals surface area contributed by atoms with Gasteiger partial charge in [-0.2, -0.15) is 5.26 Å². The molecule has 0 amide bonds. The van der Waals surface area contributed by atoms with Gasteiger partial charge in [-0.15, -0.1) is 0 Å². The van der Waals surface area contributed by atoms with Gasteiger partial charge >= 0.3 is 0 Å². The Kier molecular flexibility index (Phi) is 4.33. The number of ether oxygens (including phenoxy) is 1. The Morgan fingerprint density at radius 2 is 1.81 bits per heavy atom. The Morgan fingerprint density at radius 3 is 2.48 bits per heavy atom. The highest BCUT2D eigenvalue weighted by molar-refractivity contribution is 5.42. The van der Waals surface area contributed by atoms with Gasteiger partial charge < -0.3 is 4.74 Å². The maximum absolute atomic E-state index is 9.13. The van der Waals surface area contributed by atoms with Crippen LogP contribution in [0.2, 0.25) is 0 Å². The molecule has 2 aromatic rings. The second-order valence-corrected chi connectivity index (χ2v) is 6.31. The number of rotatable bonds is 3. The molecule has 0 aliphatic heterocycles. The van der Waals surface area contributed by atoms with Crippen molar-refractivity contribution in [3.8, 4) is 11.8 Å². The van der Waals surface area contributed by atoms with Crippen molar-refractivity contribution in [2.45, 2.75) is 39.7 Å². The topological polar surface area (TPSA) is 33.0 Å². The molecule has 0 saturated heterocycles. The first-order valence-corrected chi connectivity index (χ1v) is 7.14. The Balaban J connectivity index is 2.27. The molecule has 108 valence electrons. The van der Waals surface area contributed by atoms with Gasteiger partial charge in [-0.1, -0.05) is 56.7 Å². The van der Waals surface area contributed by atoms with E-state index in [1.165, 1.54) is 11.1 Å². The van der Waals surface area contributed by atoms with Gasteiger partial charge in [0.15, 0.2) is 0 Å². The van der Waals surface area contributed by atoms with Gasteiger partial charge in [-0.25, -0.2) is 0 Å². The van der Waals surface area contributed by atoms with E-state index in [0.29, 0.717) is 12.2 Å². The summed E-state index contributed by atoms with van der Waals surface area (Å²) in [5, 5.41) is 9.13. The third kappa shape index (κ3) is 3.64. The number of hydrogen-bond acceptors (Lipinski definition) is 2. The van der Waals surface area contributed by atoms with Gasteiger partial charge in [-0.3, -0.25) is 0 Å². The van der Waals surface area contributed by atoms with Crippen LogP contribution in [0.25, 0.3) is 0 Å². The maximum atomic E-state index is 9.13. The zero-order chi connectivity index (χ0) is 15.5. The van der Waals surface area contributed by atoms with Crippen LogP contribution in [0.3, 0.4) is 0 Å². The summed E-state index contributed by atoms with van der Waals surface area (Å²) < 4.78 is 6.00. The Morgan fingerprint density at radius 1 is 1.10 bits per heavy atom. The minimum absolute atomic E-state index is 0.0239. The molecule has 2 aromatic carbocycles. The molecule has 2 heteroatoms. The lowest BCUT2D eigenvalue weighted by Crippen LogP contribution is -2.14. The van der Waals surface area contributed by atoms with Crippen molar-refractivity contribution in [1.29, 1.82) is 5.26 Å². The van der Waals surface area contributed by atoms with Gasteiger partial charge in [0.05, 0.1) is 11.6 Å². The van der Waals surface area contributed by atoms with Crippen LogP contribution < -0.4 is 4.74 Å². The van der Waals surface area contributed by atoms with E-state index in [9.17, 15) is 0 Å². The van der Waals surface area contributed by atoms with Crippen LogP contribution in [0, 0.1) is 18.3 Å². The fourth-order valence-corrected chi connectivity index (χ4v) is 2.27. The van der Waals surface area contributed by atoms with Crippen molar-refractivity contribution in [3.05, 3.63) is 64.7 Å². The molecule has 0 saturated carbocycles. The van der Waals surface area contributed by atoms with Crippen LogP contribution in [0.15, 0.2) is 42.5 Å². The van der Waals surface area contributed by atoms with Crippen LogP contribution in [0.1, 0.15) is 43.0 Å². The number of benzene rings is 2. The molecule has 0 radical (unpaired) electrons. The molecule has 2 nitrogen and oxygen atoms in total. The van der Waals surface area contributed by atoms with Crippen molar-refractivity contribution >= 4 is 0 Å². The summed E-state index contributed by atoms with van der Waals surface area (Å²) in [6.45, 7) is 9.04. The summed E-state index contributed by atoms with van der Waals surface area (Å²) in [6, 6.07) is 16.0. The number of nitriles is 1. The quantitative estimate of drug-likeness (QED) is 0.812. The Hall–Kier alpha value is -2.27. The van der Waals surface area contributed by atoms with Gasteiger partial charge in [0, 0.05) is 5.56 Å². The Labute approximate surface area is 127 Å². The molecule has 0 N–H and O–H groups in total. The van der Waals surface area contributed by atoms with Crippen LogP contribution in [0.4, 0.5) is 0 Å². The second kappa shape index (κ2) is 6.01. The summed E-state index contributed by atoms with van der Waals surface area (Å²) in [5.41, 5.74) is 4.03. The van der Waals surface area contributed by atoms with E-state index in [4.69, 9.17) is 10.00 Å². The molecule has 21 heavy (non-hydrogen) atoms. The summed E-state index contributed by atoms with van der Waals surface area (Å²) in [7, 11) is 0. The fraction of sp³-hybridized carbons (Fsp3) is 0.316. The first kappa shape index (κ1) is 15.1. The van der Waals surface area contributed by atoms with Crippen LogP contribution in [-0.4, -0.2) is 0 Å². The highest BCUT2D eigenvalue weighted by Crippen LogP contribution is 2.32. The molecule has 0 atom stereocenters. The van der Waals surface area contributed by atoms with E-state index in [-0.39, 0.29) is 5.41 Å². The van der Waals surface area contributed by atoms with Crippen LogP contribution >= 0.6 is 0 Å². The lowest BCUT2D eigenvalue weighted by molar-refractivity contribution is 0.297.